The fraction of sp³-hybridized carbons (Fsp3) is 1.00. The van der Waals surface area contributed by atoms with E-state index in [1.807, 2.05) is 0 Å². The summed E-state index contributed by atoms with van der Waals surface area (Å²) in [7, 11) is 0. The molecular weight excluding hydrogens is 136 g/mol. The van der Waals surface area contributed by atoms with Gasteiger partial charge in [-0.05, 0) is 44.8 Å². The number of nitrogens with one attached hydrogen (secondary N) is 1. The zero-order valence-corrected chi connectivity index (χ0v) is 7.90. The standard InChI is InChI=1S/C6H13N.C3H9N/c1-6-3-2-4-7-5-6;1-2-3-4/h6-7H,2-5H2,1H3;2-4H2,1H3. The molecule has 1 atom stereocenters. The Kier molecular flexibility index (Phi) is 7.96. The number of rotatable bonds is 1. The second-order valence-electron chi connectivity index (χ2n) is 3.24. The largest absolute Gasteiger partial charge is 0.330 e. The first-order valence-corrected chi connectivity index (χ1v) is 4.72. The van der Waals surface area contributed by atoms with Crippen molar-refractivity contribution in [2.45, 2.75) is 33.1 Å². The van der Waals surface area contributed by atoms with Crippen LogP contribution < -0.4 is 11.1 Å². The summed E-state index contributed by atoms with van der Waals surface area (Å²) in [5, 5.41) is 3.33. The molecule has 1 unspecified atom stereocenters. The minimum absolute atomic E-state index is 0.819. The van der Waals surface area contributed by atoms with Gasteiger partial charge in [0.05, 0.1) is 0 Å². The van der Waals surface area contributed by atoms with E-state index >= 15 is 0 Å². The summed E-state index contributed by atoms with van der Waals surface area (Å²) in [5.41, 5.74) is 5.03. The van der Waals surface area contributed by atoms with Crippen LogP contribution in [0.1, 0.15) is 33.1 Å². The van der Waals surface area contributed by atoms with Crippen molar-refractivity contribution in [2.24, 2.45) is 11.7 Å². The van der Waals surface area contributed by atoms with Gasteiger partial charge < -0.3 is 11.1 Å². The summed E-state index contributed by atoms with van der Waals surface area (Å²) in [5.74, 6) is 0.925. The maximum atomic E-state index is 5.03. The molecule has 0 aromatic carbocycles. The monoisotopic (exact) mass is 158 g/mol. The molecule has 1 heterocycles. The van der Waals surface area contributed by atoms with Crippen LogP contribution in [-0.2, 0) is 0 Å². The Labute approximate surface area is 70.5 Å². The quantitative estimate of drug-likeness (QED) is 0.604. The molecule has 68 valence electrons. The van der Waals surface area contributed by atoms with Crippen LogP contribution in [0.4, 0.5) is 0 Å². The third kappa shape index (κ3) is 7.82. The Morgan fingerprint density at radius 3 is 2.36 bits per heavy atom. The van der Waals surface area contributed by atoms with E-state index in [2.05, 4.69) is 19.2 Å². The summed E-state index contributed by atoms with van der Waals surface area (Å²) in [4.78, 5) is 0. The highest BCUT2D eigenvalue weighted by Gasteiger charge is 2.04. The number of hydrogen-bond donors (Lipinski definition) is 2. The van der Waals surface area contributed by atoms with E-state index in [-0.39, 0.29) is 0 Å². The Hall–Kier alpha value is -0.0800. The molecule has 2 nitrogen and oxygen atoms in total. The fourth-order valence-electron chi connectivity index (χ4n) is 1.03. The van der Waals surface area contributed by atoms with E-state index in [1.54, 1.807) is 0 Å². The van der Waals surface area contributed by atoms with Crippen molar-refractivity contribution in [1.82, 2.24) is 5.32 Å². The number of hydrogen-bond acceptors (Lipinski definition) is 2. The first-order valence-electron chi connectivity index (χ1n) is 4.72. The molecule has 1 aliphatic rings. The molecule has 1 fully saturated rings. The van der Waals surface area contributed by atoms with Gasteiger partial charge in [-0.2, -0.15) is 0 Å². The average Bonchev–Trinajstić information content (AvgIpc) is 2.07. The van der Waals surface area contributed by atoms with Crippen LogP contribution >= 0.6 is 0 Å². The minimum Gasteiger partial charge on any atom is -0.330 e. The van der Waals surface area contributed by atoms with Gasteiger partial charge in [-0.1, -0.05) is 13.8 Å². The van der Waals surface area contributed by atoms with Crippen LogP contribution in [-0.4, -0.2) is 19.6 Å². The third-order valence-corrected chi connectivity index (χ3v) is 1.83. The highest BCUT2D eigenvalue weighted by atomic mass is 14.9. The van der Waals surface area contributed by atoms with Crippen molar-refractivity contribution in [3.8, 4) is 0 Å². The van der Waals surface area contributed by atoms with E-state index < -0.39 is 0 Å². The maximum absolute atomic E-state index is 5.03. The summed E-state index contributed by atoms with van der Waals surface area (Å²) in [6.45, 7) is 7.65. The van der Waals surface area contributed by atoms with Gasteiger partial charge in [-0.25, -0.2) is 0 Å². The van der Waals surface area contributed by atoms with E-state index in [4.69, 9.17) is 5.73 Å². The van der Waals surface area contributed by atoms with Gasteiger partial charge in [0.1, 0.15) is 0 Å². The third-order valence-electron chi connectivity index (χ3n) is 1.83. The molecule has 0 aliphatic carbocycles. The molecule has 0 amide bonds. The van der Waals surface area contributed by atoms with Gasteiger partial charge in [0, 0.05) is 0 Å². The molecule has 1 rings (SSSR count). The lowest BCUT2D eigenvalue weighted by Crippen LogP contribution is -2.27. The van der Waals surface area contributed by atoms with Gasteiger partial charge in [-0.15, -0.1) is 0 Å². The first kappa shape index (κ1) is 10.9. The highest BCUT2D eigenvalue weighted by molar-refractivity contribution is 4.63. The minimum atomic E-state index is 0.819. The zero-order valence-electron chi connectivity index (χ0n) is 7.90. The molecule has 11 heavy (non-hydrogen) atoms. The molecule has 0 bridgehead atoms. The summed E-state index contributed by atoms with van der Waals surface area (Å²) >= 11 is 0. The van der Waals surface area contributed by atoms with Crippen LogP contribution in [0.25, 0.3) is 0 Å². The zero-order chi connectivity index (χ0) is 8.53. The van der Waals surface area contributed by atoms with Crippen LogP contribution in [0.5, 0.6) is 0 Å². The lowest BCUT2D eigenvalue weighted by atomic mass is 10.0. The van der Waals surface area contributed by atoms with Gasteiger partial charge in [0.2, 0.25) is 0 Å². The summed E-state index contributed by atoms with van der Waals surface area (Å²) in [6, 6.07) is 0. The van der Waals surface area contributed by atoms with E-state index in [0.717, 1.165) is 18.9 Å². The van der Waals surface area contributed by atoms with Crippen LogP contribution in [0.3, 0.4) is 0 Å². The second kappa shape index (κ2) is 8.02. The van der Waals surface area contributed by atoms with E-state index in [0.29, 0.717) is 0 Å². The normalized spacial score (nSPS) is 23.7. The molecule has 0 spiro atoms. The fourth-order valence-corrected chi connectivity index (χ4v) is 1.03. The van der Waals surface area contributed by atoms with Crippen LogP contribution in [0.15, 0.2) is 0 Å². The van der Waals surface area contributed by atoms with Crippen molar-refractivity contribution >= 4 is 0 Å². The van der Waals surface area contributed by atoms with Crippen molar-refractivity contribution < 1.29 is 0 Å². The molecule has 3 N–H and O–H groups in total. The maximum Gasteiger partial charge on any atom is -0.00231 e. The molecule has 0 aromatic heterocycles. The SMILES string of the molecule is CC1CCCNC1.CCCN. The molecule has 0 aromatic rings. The van der Waals surface area contributed by atoms with Gasteiger partial charge in [-0.3, -0.25) is 0 Å². The highest BCUT2D eigenvalue weighted by Crippen LogP contribution is 2.06. The Bertz CT molecular complexity index is 66.0. The van der Waals surface area contributed by atoms with Gasteiger partial charge >= 0.3 is 0 Å². The Balaban J connectivity index is 0.000000218. The Morgan fingerprint density at radius 1 is 1.55 bits per heavy atom. The predicted molar refractivity (Wildman–Crippen MR) is 50.6 cm³/mol. The smallest absolute Gasteiger partial charge is 0.00231 e. The lowest BCUT2D eigenvalue weighted by Gasteiger charge is -2.17. The Morgan fingerprint density at radius 2 is 2.18 bits per heavy atom. The number of piperidine rings is 1. The summed E-state index contributed by atoms with van der Waals surface area (Å²) in [6.07, 6.45) is 3.90. The predicted octanol–water partition coefficient (Wildman–Crippen LogP) is 1.36. The molecule has 0 radical (unpaired) electrons. The topological polar surface area (TPSA) is 38.0 Å². The van der Waals surface area contributed by atoms with Gasteiger partial charge in [0.25, 0.3) is 0 Å². The molecule has 1 aliphatic heterocycles. The summed E-state index contributed by atoms with van der Waals surface area (Å²) < 4.78 is 0. The molecular formula is C9H22N2. The lowest BCUT2D eigenvalue weighted by molar-refractivity contribution is 0.405. The first-order chi connectivity index (χ1) is 5.31. The average molecular weight is 158 g/mol. The second-order valence-corrected chi connectivity index (χ2v) is 3.24. The van der Waals surface area contributed by atoms with Crippen molar-refractivity contribution in [1.29, 1.82) is 0 Å². The van der Waals surface area contributed by atoms with Gasteiger partial charge in [0.15, 0.2) is 0 Å². The van der Waals surface area contributed by atoms with E-state index in [9.17, 15) is 0 Å². The molecule has 1 saturated heterocycles. The number of nitrogens with two attached hydrogens (primary N) is 1. The van der Waals surface area contributed by atoms with Crippen molar-refractivity contribution in [3.63, 3.8) is 0 Å². The molecule has 2 heteroatoms. The van der Waals surface area contributed by atoms with Crippen molar-refractivity contribution in [3.05, 3.63) is 0 Å². The van der Waals surface area contributed by atoms with Crippen molar-refractivity contribution in [2.75, 3.05) is 19.6 Å². The molecule has 0 saturated carbocycles. The van der Waals surface area contributed by atoms with Crippen LogP contribution in [0, 0.1) is 5.92 Å². The van der Waals surface area contributed by atoms with Crippen LogP contribution in [0.2, 0.25) is 0 Å². The van der Waals surface area contributed by atoms with E-state index in [1.165, 1.54) is 25.9 Å².